The number of carbonyl (C=O) groups excluding carboxylic acids is 2. The van der Waals surface area contributed by atoms with Gasteiger partial charge in [0.2, 0.25) is 12.1 Å². The molecule has 1 unspecified atom stereocenters. The van der Waals surface area contributed by atoms with E-state index in [-0.39, 0.29) is 12.0 Å². The molecule has 0 aliphatic carbocycles. The molecule has 0 radical (unpaired) electrons. The topological polar surface area (TPSA) is 120 Å². The molecule has 132 valence electrons. The quantitative estimate of drug-likeness (QED) is 0.422. The van der Waals surface area contributed by atoms with E-state index in [0.717, 1.165) is 0 Å². The maximum absolute atomic E-state index is 12.5. The highest BCUT2D eigenvalue weighted by atomic mass is 16.5. The van der Waals surface area contributed by atoms with Gasteiger partial charge in [0.15, 0.2) is 5.58 Å². The minimum Gasteiger partial charge on any atom is -0.447 e. The van der Waals surface area contributed by atoms with Gasteiger partial charge in [-0.2, -0.15) is 9.98 Å². The molecule has 2 aromatic carbocycles. The van der Waals surface area contributed by atoms with Crippen LogP contribution in [0, 0.1) is 0 Å². The molecule has 1 atom stereocenters. The average Bonchev–Trinajstić information content (AvgIpc) is 3.02. The molecule has 8 heteroatoms. The Bertz CT molecular complexity index is 932. The van der Waals surface area contributed by atoms with Crippen LogP contribution < -0.4 is 11.1 Å². The minimum absolute atomic E-state index is 0.00717. The lowest BCUT2D eigenvalue weighted by atomic mass is 10.1. The number of para-hydroxylation sites is 2. The van der Waals surface area contributed by atoms with Crippen molar-refractivity contribution in [3.63, 3.8) is 0 Å². The van der Waals surface area contributed by atoms with E-state index in [1.54, 1.807) is 48.5 Å². The number of hydrogen-bond acceptors (Lipinski definition) is 6. The molecule has 0 bridgehead atoms. The van der Waals surface area contributed by atoms with Gasteiger partial charge < -0.3 is 14.9 Å². The zero-order valence-corrected chi connectivity index (χ0v) is 13.9. The Morgan fingerprint density at radius 3 is 2.54 bits per heavy atom. The van der Waals surface area contributed by atoms with Crippen LogP contribution >= 0.6 is 0 Å². The van der Waals surface area contributed by atoms with Crippen LogP contribution in [0.3, 0.4) is 0 Å². The van der Waals surface area contributed by atoms with Crippen molar-refractivity contribution in [2.75, 3.05) is 0 Å². The Hall–Kier alpha value is -3.68. The smallest absolute Gasteiger partial charge is 0.325 e. The maximum Gasteiger partial charge on any atom is 0.325 e. The fraction of sp³-hybridized carbons (Fsp3) is 0.111. The molecule has 3 aromatic rings. The predicted octanol–water partition coefficient (Wildman–Crippen LogP) is 2.19. The summed E-state index contributed by atoms with van der Waals surface area (Å²) >= 11 is 0. The molecular formula is C18H16N4O4. The van der Waals surface area contributed by atoms with Gasteiger partial charge in [-0.3, -0.25) is 14.9 Å². The molecule has 3 N–H and O–H groups in total. The molecule has 0 fully saturated rings. The predicted molar refractivity (Wildman–Crippen MR) is 94.4 cm³/mol. The summed E-state index contributed by atoms with van der Waals surface area (Å²) in [6.45, 7) is 1.22. The molecule has 1 heterocycles. The first-order valence-electron chi connectivity index (χ1n) is 7.75. The summed E-state index contributed by atoms with van der Waals surface area (Å²) in [6, 6.07) is 15.7. The van der Waals surface area contributed by atoms with Crippen LogP contribution in [0.4, 0.5) is 6.01 Å². The monoisotopic (exact) mass is 352 g/mol. The lowest BCUT2D eigenvalue weighted by molar-refractivity contribution is -0.153. The van der Waals surface area contributed by atoms with Crippen molar-refractivity contribution < 1.29 is 18.7 Å². The maximum atomic E-state index is 12.5. The largest absolute Gasteiger partial charge is 0.447 e. The van der Waals surface area contributed by atoms with Crippen LogP contribution in [0.2, 0.25) is 0 Å². The van der Waals surface area contributed by atoms with Crippen molar-refractivity contribution in [2.24, 2.45) is 10.7 Å². The fourth-order valence-corrected chi connectivity index (χ4v) is 2.30. The van der Waals surface area contributed by atoms with Crippen LogP contribution in [0.5, 0.6) is 0 Å². The number of carbonyl (C=O) groups is 2. The number of guanidine groups is 1. The van der Waals surface area contributed by atoms with E-state index in [0.29, 0.717) is 16.7 Å². The first-order chi connectivity index (χ1) is 12.5. The number of fused-ring (bicyclic) bond motifs is 1. The highest BCUT2D eigenvalue weighted by Crippen LogP contribution is 2.20. The SMILES string of the molecule is CC(=O)OC(C(=O)NC(N)=Nc1nc2ccccc2o1)c1ccccc1. The number of aromatic nitrogens is 1. The number of hydrogen-bond donors (Lipinski definition) is 2. The lowest BCUT2D eigenvalue weighted by Crippen LogP contribution is -2.40. The number of esters is 1. The van der Waals surface area contributed by atoms with Crippen LogP contribution in [0.15, 0.2) is 64.0 Å². The number of oxazole rings is 1. The molecule has 26 heavy (non-hydrogen) atoms. The van der Waals surface area contributed by atoms with Gasteiger partial charge in [-0.05, 0) is 12.1 Å². The normalized spacial score (nSPS) is 12.6. The highest BCUT2D eigenvalue weighted by Gasteiger charge is 2.24. The Kier molecular flexibility index (Phi) is 4.93. The van der Waals surface area contributed by atoms with Crippen LogP contribution in [0.1, 0.15) is 18.6 Å². The number of rotatable bonds is 4. The standard InChI is InChI=1S/C18H16N4O4/c1-11(23)25-15(12-7-3-2-4-8-12)16(24)21-17(19)22-18-20-13-9-5-6-10-14(13)26-18/h2-10,15H,1H3,(H3,19,20,21,22,24). The number of aliphatic imine (C=N–C) groups is 1. The lowest BCUT2D eigenvalue weighted by Gasteiger charge is -2.16. The molecule has 0 aliphatic heterocycles. The van der Waals surface area contributed by atoms with Gasteiger partial charge in [0.25, 0.3) is 5.91 Å². The van der Waals surface area contributed by atoms with Gasteiger partial charge in [-0.25, -0.2) is 0 Å². The van der Waals surface area contributed by atoms with E-state index >= 15 is 0 Å². The number of amides is 1. The number of benzene rings is 2. The number of ether oxygens (including phenoxy) is 1. The summed E-state index contributed by atoms with van der Waals surface area (Å²) in [6.07, 6.45) is -1.15. The Morgan fingerprint density at radius 2 is 1.85 bits per heavy atom. The molecule has 0 saturated carbocycles. The third-order valence-electron chi connectivity index (χ3n) is 3.37. The highest BCUT2D eigenvalue weighted by molar-refractivity contribution is 5.99. The van der Waals surface area contributed by atoms with Crippen molar-refractivity contribution in [2.45, 2.75) is 13.0 Å². The van der Waals surface area contributed by atoms with Gasteiger partial charge in [-0.15, -0.1) is 0 Å². The van der Waals surface area contributed by atoms with Crippen LogP contribution in [-0.2, 0) is 14.3 Å². The number of nitrogens with one attached hydrogen (secondary N) is 1. The molecule has 0 aliphatic rings. The van der Waals surface area contributed by atoms with E-state index in [1.165, 1.54) is 6.92 Å². The third kappa shape index (κ3) is 4.04. The van der Waals surface area contributed by atoms with Crippen molar-refractivity contribution in [1.29, 1.82) is 0 Å². The van der Waals surface area contributed by atoms with Crippen LogP contribution in [-0.4, -0.2) is 22.8 Å². The summed E-state index contributed by atoms with van der Waals surface area (Å²) in [5.41, 5.74) is 7.43. The van der Waals surface area contributed by atoms with Crippen LogP contribution in [0.25, 0.3) is 11.1 Å². The molecule has 8 nitrogen and oxygen atoms in total. The summed E-state index contributed by atoms with van der Waals surface area (Å²) in [7, 11) is 0. The molecule has 0 saturated heterocycles. The summed E-state index contributed by atoms with van der Waals surface area (Å²) in [5, 5.41) is 2.39. The van der Waals surface area contributed by atoms with Gasteiger partial charge in [0.05, 0.1) is 0 Å². The molecule has 3 rings (SSSR count). The fourth-order valence-electron chi connectivity index (χ4n) is 2.30. The second-order valence-electron chi connectivity index (χ2n) is 5.35. The van der Waals surface area contributed by atoms with Gasteiger partial charge in [-0.1, -0.05) is 42.5 Å². The van der Waals surface area contributed by atoms with Gasteiger partial charge in [0, 0.05) is 12.5 Å². The number of nitrogens with zero attached hydrogens (tertiary/aromatic N) is 2. The van der Waals surface area contributed by atoms with E-state index in [4.69, 9.17) is 14.9 Å². The molecular weight excluding hydrogens is 336 g/mol. The number of nitrogens with two attached hydrogens (primary N) is 1. The van der Waals surface area contributed by atoms with E-state index in [2.05, 4.69) is 15.3 Å². The minimum atomic E-state index is -1.15. The van der Waals surface area contributed by atoms with Crippen molar-refractivity contribution in [1.82, 2.24) is 10.3 Å². The van der Waals surface area contributed by atoms with Crippen molar-refractivity contribution in [3.05, 3.63) is 60.2 Å². The Labute approximate surface area is 148 Å². The Balaban J connectivity index is 1.78. The van der Waals surface area contributed by atoms with E-state index in [1.807, 2.05) is 6.07 Å². The van der Waals surface area contributed by atoms with E-state index < -0.39 is 18.0 Å². The first kappa shape index (κ1) is 17.2. The molecule has 1 amide bonds. The van der Waals surface area contributed by atoms with E-state index in [9.17, 15) is 9.59 Å². The third-order valence-corrected chi connectivity index (χ3v) is 3.37. The van der Waals surface area contributed by atoms with Gasteiger partial charge in [0.1, 0.15) is 5.52 Å². The molecule has 0 spiro atoms. The summed E-state index contributed by atoms with van der Waals surface area (Å²) < 4.78 is 10.5. The van der Waals surface area contributed by atoms with Crippen molar-refractivity contribution >= 4 is 35.0 Å². The average molecular weight is 352 g/mol. The first-order valence-corrected chi connectivity index (χ1v) is 7.75. The Morgan fingerprint density at radius 1 is 1.15 bits per heavy atom. The molecule has 1 aromatic heterocycles. The van der Waals surface area contributed by atoms with Crippen molar-refractivity contribution in [3.8, 4) is 0 Å². The second kappa shape index (κ2) is 7.47. The zero-order chi connectivity index (χ0) is 18.5. The van der Waals surface area contributed by atoms with Gasteiger partial charge >= 0.3 is 12.0 Å². The summed E-state index contributed by atoms with van der Waals surface area (Å²) in [4.78, 5) is 31.8. The second-order valence-corrected chi connectivity index (χ2v) is 5.35. The zero-order valence-electron chi connectivity index (χ0n) is 13.9. The summed E-state index contributed by atoms with van der Waals surface area (Å²) in [5.74, 6) is -1.46.